The highest BCUT2D eigenvalue weighted by atomic mass is 32.2. The Hall–Kier alpha value is -2.49. The zero-order valence-electron chi connectivity index (χ0n) is 14.7. The van der Waals surface area contributed by atoms with Crippen molar-refractivity contribution in [2.75, 3.05) is 18.4 Å². The minimum atomic E-state index is -3.80. The molecule has 0 aliphatic rings. The molecule has 0 atom stereocenters. The van der Waals surface area contributed by atoms with Gasteiger partial charge in [-0.3, -0.25) is 4.90 Å². The van der Waals surface area contributed by atoms with Crippen LogP contribution in [0.3, 0.4) is 0 Å². The Bertz CT molecular complexity index is 1010. The van der Waals surface area contributed by atoms with Crippen LogP contribution in [0.15, 0.2) is 41.7 Å². The highest BCUT2D eigenvalue weighted by molar-refractivity contribution is 7.89. The summed E-state index contributed by atoms with van der Waals surface area (Å²) in [6.07, 6.45) is 3.23. The molecular formula is C17H22N6O2S. The molecule has 4 N–H and O–H groups in total. The SMILES string of the molecule is CCN(CC)Cc1ccc(S(N)(=O)=O)cc1Nc1ncnc2[nH]ccc12. The summed E-state index contributed by atoms with van der Waals surface area (Å²) in [7, 11) is -3.80. The first kappa shape index (κ1) is 18.3. The van der Waals surface area contributed by atoms with Crippen LogP contribution in [-0.2, 0) is 16.6 Å². The number of aromatic amines is 1. The lowest BCUT2D eigenvalue weighted by atomic mass is 10.1. The van der Waals surface area contributed by atoms with Crippen molar-refractivity contribution in [1.29, 1.82) is 0 Å². The summed E-state index contributed by atoms with van der Waals surface area (Å²) in [5, 5.41) is 9.37. The molecule has 1 aromatic carbocycles. The second kappa shape index (κ2) is 7.40. The molecule has 0 saturated carbocycles. The molecule has 0 saturated heterocycles. The molecule has 0 unspecified atom stereocenters. The second-order valence-corrected chi connectivity index (χ2v) is 7.47. The number of fused-ring (bicyclic) bond motifs is 1. The van der Waals surface area contributed by atoms with Gasteiger partial charge in [0.05, 0.1) is 10.3 Å². The van der Waals surface area contributed by atoms with Gasteiger partial charge in [0.1, 0.15) is 17.8 Å². The van der Waals surface area contributed by atoms with E-state index in [9.17, 15) is 8.42 Å². The van der Waals surface area contributed by atoms with Gasteiger partial charge in [-0.05, 0) is 36.9 Å². The summed E-state index contributed by atoms with van der Waals surface area (Å²) in [6.45, 7) is 6.64. The average Bonchev–Trinajstić information content (AvgIpc) is 3.09. The summed E-state index contributed by atoms with van der Waals surface area (Å²) in [4.78, 5) is 13.8. The van der Waals surface area contributed by atoms with E-state index in [0.29, 0.717) is 23.7 Å². The molecular weight excluding hydrogens is 352 g/mol. The highest BCUT2D eigenvalue weighted by Crippen LogP contribution is 2.27. The summed E-state index contributed by atoms with van der Waals surface area (Å²) in [5.41, 5.74) is 2.32. The Balaban J connectivity index is 2.05. The van der Waals surface area contributed by atoms with E-state index < -0.39 is 10.0 Å². The zero-order valence-corrected chi connectivity index (χ0v) is 15.5. The van der Waals surface area contributed by atoms with Crippen LogP contribution in [0, 0.1) is 0 Å². The molecule has 9 heteroatoms. The molecule has 8 nitrogen and oxygen atoms in total. The van der Waals surface area contributed by atoms with Gasteiger partial charge in [0, 0.05) is 18.4 Å². The quantitative estimate of drug-likeness (QED) is 0.584. The lowest BCUT2D eigenvalue weighted by molar-refractivity contribution is 0.296. The maximum Gasteiger partial charge on any atom is 0.238 e. The van der Waals surface area contributed by atoms with Crippen LogP contribution >= 0.6 is 0 Å². The standard InChI is InChI=1S/C17H22N6O2S/c1-3-23(4-2)10-12-5-6-13(26(18,24)25)9-15(12)22-17-14-7-8-19-16(14)20-11-21-17/h5-9,11H,3-4,10H2,1-2H3,(H2,18,24,25)(H2,19,20,21,22). The van der Waals surface area contributed by atoms with E-state index in [0.717, 1.165) is 24.0 Å². The minimum Gasteiger partial charge on any atom is -0.346 e. The van der Waals surface area contributed by atoms with Crippen molar-refractivity contribution in [2.45, 2.75) is 25.3 Å². The molecule has 0 radical (unpaired) electrons. The largest absolute Gasteiger partial charge is 0.346 e. The molecule has 0 spiro atoms. The van der Waals surface area contributed by atoms with E-state index in [-0.39, 0.29) is 4.90 Å². The van der Waals surface area contributed by atoms with Crippen LogP contribution in [0.4, 0.5) is 11.5 Å². The molecule has 0 aliphatic heterocycles. The number of benzene rings is 1. The van der Waals surface area contributed by atoms with E-state index >= 15 is 0 Å². The fourth-order valence-corrected chi connectivity index (χ4v) is 3.31. The minimum absolute atomic E-state index is 0.0580. The molecule has 0 aliphatic carbocycles. The number of nitrogens with zero attached hydrogens (tertiary/aromatic N) is 3. The lowest BCUT2D eigenvalue weighted by Crippen LogP contribution is -2.23. The van der Waals surface area contributed by atoms with E-state index in [1.54, 1.807) is 18.3 Å². The smallest absolute Gasteiger partial charge is 0.238 e. The molecule has 2 heterocycles. The number of aromatic nitrogens is 3. The molecule has 0 fully saturated rings. The molecule has 26 heavy (non-hydrogen) atoms. The third kappa shape index (κ3) is 3.85. The molecule has 0 bridgehead atoms. The summed E-state index contributed by atoms with van der Waals surface area (Å²) >= 11 is 0. The van der Waals surface area contributed by atoms with Gasteiger partial charge in [-0.1, -0.05) is 19.9 Å². The monoisotopic (exact) mass is 374 g/mol. The van der Waals surface area contributed by atoms with Gasteiger partial charge in [0.25, 0.3) is 0 Å². The van der Waals surface area contributed by atoms with Crippen LogP contribution in [0.1, 0.15) is 19.4 Å². The number of hydrogen-bond acceptors (Lipinski definition) is 6. The number of nitrogens with two attached hydrogens (primary N) is 1. The zero-order chi connectivity index (χ0) is 18.7. The number of nitrogens with one attached hydrogen (secondary N) is 2. The highest BCUT2D eigenvalue weighted by Gasteiger charge is 2.15. The molecule has 3 aromatic rings. The van der Waals surface area contributed by atoms with Crippen molar-refractivity contribution in [3.8, 4) is 0 Å². The van der Waals surface area contributed by atoms with Crippen molar-refractivity contribution >= 4 is 32.6 Å². The summed E-state index contributed by atoms with van der Waals surface area (Å²) in [6, 6.07) is 6.74. The average molecular weight is 374 g/mol. The van der Waals surface area contributed by atoms with Crippen molar-refractivity contribution in [2.24, 2.45) is 5.14 Å². The van der Waals surface area contributed by atoms with E-state index in [1.165, 1.54) is 12.4 Å². The van der Waals surface area contributed by atoms with E-state index in [4.69, 9.17) is 5.14 Å². The van der Waals surface area contributed by atoms with E-state index in [2.05, 4.69) is 39.0 Å². The first-order valence-electron chi connectivity index (χ1n) is 8.35. The fraction of sp³-hybridized carbons (Fsp3) is 0.294. The van der Waals surface area contributed by atoms with Gasteiger partial charge < -0.3 is 10.3 Å². The topological polar surface area (TPSA) is 117 Å². The number of anilines is 2. The Labute approximate surface area is 152 Å². The molecule has 138 valence electrons. The molecule has 2 aromatic heterocycles. The first-order valence-corrected chi connectivity index (χ1v) is 9.90. The van der Waals surface area contributed by atoms with Crippen molar-refractivity contribution in [1.82, 2.24) is 19.9 Å². The predicted octanol–water partition coefficient (Wildman–Crippen LogP) is 2.19. The Morgan fingerprint density at radius 3 is 2.65 bits per heavy atom. The normalized spacial score (nSPS) is 12.0. The maximum absolute atomic E-state index is 11.8. The number of primary sulfonamides is 1. The Morgan fingerprint density at radius 2 is 1.96 bits per heavy atom. The number of rotatable bonds is 7. The van der Waals surface area contributed by atoms with Crippen molar-refractivity contribution in [3.63, 3.8) is 0 Å². The van der Waals surface area contributed by atoms with Crippen LogP contribution in [0.2, 0.25) is 0 Å². The van der Waals surface area contributed by atoms with Gasteiger partial charge in [0.15, 0.2) is 0 Å². The van der Waals surface area contributed by atoms with Crippen LogP contribution in [0.5, 0.6) is 0 Å². The first-order chi connectivity index (χ1) is 12.4. The second-order valence-electron chi connectivity index (χ2n) is 5.91. The van der Waals surface area contributed by atoms with Crippen LogP contribution in [0.25, 0.3) is 11.0 Å². The number of sulfonamides is 1. The lowest BCUT2D eigenvalue weighted by Gasteiger charge is -2.21. The van der Waals surface area contributed by atoms with Gasteiger partial charge in [-0.25, -0.2) is 23.5 Å². The van der Waals surface area contributed by atoms with Crippen LogP contribution < -0.4 is 10.5 Å². The summed E-state index contributed by atoms with van der Waals surface area (Å²) in [5.74, 6) is 0.601. The predicted molar refractivity (Wildman–Crippen MR) is 102 cm³/mol. The van der Waals surface area contributed by atoms with Gasteiger partial charge >= 0.3 is 0 Å². The van der Waals surface area contributed by atoms with E-state index in [1.807, 2.05) is 6.07 Å². The third-order valence-corrected chi connectivity index (χ3v) is 5.22. The van der Waals surface area contributed by atoms with Crippen molar-refractivity contribution < 1.29 is 8.42 Å². The fourth-order valence-electron chi connectivity index (χ4n) is 2.77. The number of hydrogen-bond donors (Lipinski definition) is 3. The van der Waals surface area contributed by atoms with Crippen molar-refractivity contribution in [3.05, 3.63) is 42.4 Å². The maximum atomic E-state index is 11.8. The molecule has 3 rings (SSSR count). The number of H-pyrrole nitrogens is 1. The third-order valence-electron chi connectivity index (χ3n) is 4.31. The van der Waals surface area contributed by atoms with Gasteiger partial charge in [0.2, 0.25) is 10.0 Å². The molecule has 0 amide bonds. The Morgan fingerprint density at radius 1 is 1.19 bits per heavy atom. The van der Waals surface area contributed by atoms with Gasteiger partial charge in [-0.2, -0.15) is 0 Å². The van der Waals surface area contributed by atoms with Crippen LogP contribution in [-0.4, -0.2) is 41.4 Å². The van der Waals surface area contributed by atoms with Gasteiger partial charge in [-0.15, -0.1) is 0 Å². The Kier molecular flexibility index (Phi) is 5.21. The summed E-state index contributed by atoms with van der Waals surface area (Å²) < 4.78 is 23.5.